The molecule has 2 aliphatic rings. The fourth-order valence-electron chi connectivity index (χ4n) is 4.27. The van der Waals surface area contributed by atoms with Crippen molar-refractivity contribution in [2.24, 2.45) is 5.92 Å². The van der Waals surface area contributed by atoms with E-state index in [1.165, 1.54) is 23.5 Å². The van der Waals surface area contributed by atoms with Crippen LogP contribution in [0.4, 0.5) is 5.69 Å². The van der Waals surface area contributed by atoms with E-state index < -0.39 is 10.0 Å². The van der Waals surface area contributed by atoms with Crippen LogP contribution in [0.15, 0.2) is 47.4 Å². The number of para-hydroxylation sites is 1. The summed E-state index contributed by atoms with van der Waals surface area (Å²) in [7, 11) is -2.29. The Morgan fingerprint density at radius 3 is 2.53 bits per heavy atom. The minimum absolute atomic E-state index is 0.119. The molecule has 0 unspecified atom stereocenters. The summed E-state index contributed by atoms with van der Waals surface area (Å²) in [6.45, 7) is 3.98. The van der Waals surface area contributed by atoms with Crippen LogP contribution in [0.5, 0.6) is 5.75 Å². The second-order valence-electron chi connectivity index (χ2n) is 8.15. The molecule has 0 atom stereocenters. The third-order valence-electron chi connectivity index (χ3n) is 6.13. The van der Waals surface area contributed by atoms with Crippen molar-refractivity contribution in [2.75, 3.05) is 31.0 Å². The van der Waals surface area contributed by atoms with Crippen LogP contribution in [-0.4, -0.2) is 46.0 Å². The first-order chi connectivity index (χ1) is 14.4. The lowest BCUT2D eigenvalue weighted by Gasteiger charge is -2.32. The Balaban J connectivity index is 1.70. The average molecular weight is 429 g/mol. The second-order valence-corrected chi connectivity index (χ2v) is 10.0. The Morgan fingerprint density at radius 1 is 1.07 bits per heavy atom. The number of hydrogen-bond acceptors (Lipinski definition) is 4. The molecule has 0 aromatic heterocycles. The molecule has 2 aliphatic heterocycles. The van der Waals surface area contributed by atoms with Crippen LogP contribution in [0.1, 0.15) is 42.1 Å². The van der Waals surface area contributed by atoms with Crippen LogP contribution in [0, 0.1) is 5.92 Å². The lowest BCUT2D eigenvalue weighted by atomic mass is 9.98. The van der Waals surface area contributed by atoms with Gasteiger partial charge in [0.2, 0.25) is 0 Å². The number of benzene rings is 2. The Bertz CT molecular complexity index is 1040. The van der Waals surface area contributed by atoms with Crippen molar-refractivity contribution in [1.29, 1.82) is 0 Å². The SMILES string of the molecule is COc1ccc(S(=O)(=O)N2CCCc3ccccc32)cc1C(=O)N1CCC(C)CC1. The molecule has 0 N–H and O–H groups in total. The van der Waals surface area contributed by atoms with Crippen molar-refractivity contribution in [2.45, 2.75) is 37.5 Å². The first kappa shape index (κ1) is 20.7. The fourth-order valence-corrected chi connectivity index (χ4v) is 5.84. The summed E-state index contributed by atoms with van der Waals surface area (Å²) in [5, 5.41) is 0. The molecule has 2 heterocycles. The smallest absolute Gasteiger partial charge is 0.264 e. The van der Waals surface area contributed by atoms with Gasteiger partial charge in [-0.15, -0.1) is 0 Å². The van der Waals surface area contributed by atoms with Gasteiger partial charge in [-0.2, -0.15) is 0 Å². The molecule has 2 aromatic rings. The molecule has 1 amide bonds. The normalized spacial score (nSPS) is 17.5. The number of anilines is 1. The molecular formula is C23H28N2O4S. The van der Waals surface area contributed by atoms with E-state index in [9.17, 15) is 13.2 Å². The average Bonchev–Trinajstić information content (AvgIpc) is 2.78. The third-order valence-corrected chi connectivity index (χ3v) is 7.94. The van der Waals surface area contributed by atoms with Crippen molar-refractivity contribution in [3.63, 3.8) is 0 Å². The van der Waals surface area contributed by atoms with E-state index >= 15 is 0 Å². The van der Waals surface area contributed by atoms with Gasteiger partial charge < -0.3 is 9.64 Å². The minimum Gasteiger partial charge on any atom is -0.496 e. The molecule has 6 nitrogen and oxygen atoms in total. The third kappa shape index (κ3) is 3.78. The lowest BCUT2D eigenvalue weighted by Crippen LogP contribution is -2.38. The number of carbonyl (C=O) groups excluding carboxylic acids is 1. The molecule has 0 saturated carbocycles. The number of nitrogens with zero attached hydrogens (tertiary/aromatic N) is 2. The number of hydrogen-bond donors (Lipinski definition) is 0. The number of rotatable bonds is 4. The second kappa shape index (κ2) is 8.30. The van der Waals surface area contributed by atoms with Crippen LogP contribution in [-0.2, 0) is 16.4 Å². The molecular weight excluding hydrogens is 400 g/mol. The van der Waals surface area contributed by atoms with Crippen molar-refractivity contribution in [3.8, 4) is 5.75 Å². The van der Waals surface area contributed by atoms with E-state index in [-0.39, 0.29) is 10.8 Å². The van der Waals surface area contributed by atoms with Crippen LogP contribution < -0.4 is 9.04 Å². The van der Waals surface area contributed by atoms with E-state index in [0.29, 0.717) is 36.9 Å². The minimum atomic E-state index is -3.79. The molecule has 0 spiro atoms. The Hall–Kier alpha value is -2.54. The van der Waals surface area contributed by atoms with Gasteiger partial charge in [0.1, 0.15) is 5.75 Å². The largest absolute Gasteiger partial charge is 0.496 e. The highest BCUT2D eigenvalue weighted by Crippen LogP contribution is 2.33. The summed E-state index contributed by atoms with van der Waals surface area (Å²) in [5.41, 5.74) is 2.05. The maximum atomic E-state index is 13.5. The van der Waals surface area contributed by atoms with Crippen LogP contribution >= 0.6 is 0 Å². The summed E-state index contributed by atoms with van der Waals surface area (Å²) < 4.78 is 33.9. The number of sulfonamides is 1. The van der Waals surface area contributed by atoms with Gasteiger partial charge in [0, 0.05) is 19.6 Å². The quantitative estimate of drug-likeness (QED) is 0.745. The van der Waals surface area contributed by atoms with Gasteiger partial charge in [-0.05, 0) is 61.4 Å². The fraction of sp³-hybridized carbons (Fsp3) is 0.435. The maximum Gasteiger partial charge on any atom is 0.264 e. The van der Waals surface area contributed by atoms with E-state index in [0.717, 1.165) is 36.9 Å². The number of fused-ring (bicyclic) bond motifs is 1. The van der Waals surface area contributed by atoms with Crippen molar-refractivity contribution in [1.82, 2.24) is 4.90 Å². The molecule has 30 heavy (non-hydrogen) atoms. The highest BCUT2D eigenvalue weighted by atomic mass is 32.2. The van der Waals surface area contributed by atoms with Crippen molar-refractivity contribution >= 4 is 21.6 Å². The van der Waals surface area contributed by atoms with Gasteiger partial charge in [0.15, 0.2) is 0 Å². The van der Waals surface area contributed by atoms with Crippen LogP contribution in [0.25, 0.3) is 0 Å². The van der Waals surface area contributed by atoms with Crippen molar-refractivity contribution < 1.29 is 17.9 Å². The van der Waals surface area contributed by atoms with E-state index in [1.54, 1.807) is 11.0 Å². The summed E-state index contributed by atoms with van der Waals surface area (Å²) in [6.07, 6.45) is 3.54. The maximum absolute atomic E-state index is 13.5. The summed E-state index contributed by atoms with van der Waals surface area (Å²) >= 11 is 0. The number of amides is 1. The summed E-state index contributed by atoms with van der Waals surface area (Å²) in [6, 6.07) is 12.2. The van der Waals surface area contributed by atoms with E-state index in [1.807, 2.05) is 24.3 Å². The lowest BCUT2D eigenvalue weighted by molar-refractivity contribution is 0.0693. The molecule has 4 rings (SSSR count). The van der Waals surface area contributed by atoms with Crippen molar-refractivity contribution in [3.05, 3.63) is 53.6 Å². The van der Waals surface area contributed by atoms with Gasteiger partial charge in [-0.25, -0.2) is 8.42 Å². The van der Waals surface area contributed by atoms with Gasteiger partial charge in [0.05, 0.1) is 23.3 Å². The number of likely N-dealkylation sites (tertiary alicyclic amines) is 1. The number of methoxy groups -OCH3 is 1. The Labute approximate surface area is 178 Å². The molecule has 160 valence electrons. The van der Waals surface area contributed by atoms with Crippen LogP contribution in [0.3, 0.4) is 0 Å². The predicted octanol–water partition coefficient (Wildman–Crippen LogP) is 3.71. The molecule has 2 aromatic carbocycles. The molecule has 7 heteroatoms. The monoisotopic (exact) mass is 428 g/mol. The van der Waals surface area contributed by atoms with Gasteiger partial charge in [-0.3, -0.25) is 9.10 Å². The zero-order valence-corrected chi connectivity index (χ0v) is 18.3. The molecule has 0 bridgehead atoms. The predicted molar refractivity (Wildman–Crippen MR) is 117 cm³/mol. The summed E-state index contributed by atoms with van der Waals surface area (Å²) in [5.74, 6) is 0.827. The molecule has 1 fully saturated rings. The number of ether oxygens (including phenoxy) is 1. The van der Waals surface area contributed by atoms with E-state index in [4.69, 9.17) is 4.74 Å². The zero-order chi connectivity index (χ0) is 21.3. The number of piperidine rings is 1. The molecule has 0 radical (unpaired) electrons. The first-order valence-corrected chi connectivity index (χ1v) is 11.9. The van der Waals surface area contributed by atoms with Crippen LogP contribution in [0.2, 0.25) is 0 Å². The number of carbonyl (C=O) groups is 1. The van der Waals surface area contributed by atoms with Gasteiger partial charge >= 0.3 is 0 Å². The summed E-state index contributed by atoms with van der Waals surface area (Å²) in [4.78, 5) is 15.1. The van der Waals surface area contributed by atoms with Gasteiger partial charge in [0.25, 0.3) is 15.9 Å². The molecule has 0 aliphatic carbocycles. The Morgan fingerprint density at radius 2 is 1.80 bits per heavy atom. The molecule has 1 saturated heterocycles. The number of aryl methyl sites for hydroxylation is 1. The highest BCUT2D eigenvalue weighted by Gasteiger charge is 2.31. The van der Waals surface area contributed by atoms with E-state index in [2.05, 4.69) is 6.92 Å². The Kier molecular flexibility index (Phi) is 5.73. The standard InChI is InChI=1S/C23H28N2O4S/c1-17-11-14-24(15-12-17)23(26)20-16-19(9-10-22(20)29-2)30(27,28)25-13-5-7-18-6-3-4-8-21(18)25/h3-4,6,8-10,16-17H,5,7,11-15H2,1-2H3. The first-order valence-electron chi connectivity index (χ1n) is 10.5. The topological polar surface area (TPSA) is 66.9 Å². The highest BCUT2D eigenvalue weighted by molar-refractivity contribution is 7.92. The van der Waals surface area contributed by atoms with Gasteiger partial charge in [-0.1, -0.05) is 25.1 Å². The zero-order valence-electron chi connectivity index (χ0n) is 17.5.